The van der Waals surface area contributed by atoms with Crippen molar-refractivity contribution in [2.45, 2.75) is 31.5 Å². The van der Waals surface area contributed by atoms with Gasteiger partial charge in [0.25, 0.3) is 0 Å². The topological polar surface area (TPSA) is 96.6 Å². The highest BCUT2D eigenvalue weighted by molar-refractivity contribution is 7.78. The summed E-state index contributed by atoms with van der Waals surface area (Å²) in [5.41, 5.74) is -0.127. The first-order chi connectivity index (χ1) is 18.8. The molecule has 3 N–H and O–H groups in total. The van der Waals surface area contributed by atoms with Gasteiger partial charge >= 0.3 is 6.18 Å². The number of nitrogens with one attached hydrogen (secondary N) is 3. The molecule has 212 valence electrons. The van der Waals surface area contributed by atoms with E-state index in [0.717, 1.165) is 43.0 Å². The van der Waals surface area contributed by atoms with Crippen molar-refractivity contribution < 1.29 is 27.2 Å². The molecule has 3 aromatic rings. The molecule has 0 amide bonds. The van der Waals surface area contributed by atoms with Gasteiger partial charge in [0.2, 0.25) is 5.95 Å². The number of halogens is 3. The Bertz CT molecular complexity index is 1290. The Labute approximate surface area is 226 Å². The van der Waals surface area contributed by atoms with Gasteiger partial charge in [0.1, 0.15) is 34.8 Å². The third kappa shape index (κ3) is 5.94. The molecule has 0 radical (unpaired) electrons. The Morgan fingerprint density at radius 2 is 1.90 bits per heavy atom. The normalized spacial score (nSPS) is 17.9. The van der Waals surface area contributed by atoms with Crippen LogP contribution >= 0.6 is 7.49 Å². The van der Waals surface area contributed by atoms with E-state index in [0.29, 0.717) is 31.0 Å². The molecule has 0 spiro atoms. The van der Waals surface area contributed by atoms with Crippen LogP contribution in [0.3, 0.4) is 0 Å². The summed E-state index contributed by atoms with van der Waals surface area (Å²) in [6.07, 6.45) is 1.57. The number of H-pyrrole nitrogens is 1. The molecule has 0 atom stereocenters. The van der Waals surface area contributed by atoms with Crippen LogP contribution in [-0.4, -0.2) is 85.8 Å². The van der Waals surface area contributed by atoms with Crippen LogP contribution in [0.15, 0.2) is 24.4 Å². The number of aromatic nitrogens is 3. The zero-order chi connectivity index (χ0) is 27.6. The summed E-state index contributed by atoms with van der Waals surface area (Å²) in [7, 11) is 3.16. The van der Waals surface area contributed by atoms with E-state index in [1.807, 2.05) is 18.2 Å². The van der Waals surface area contributed by atoms with Gasteiger partial charge < -0.3 is 25.1 Å². The van der Waals surface area contributed by atoms with E-state index in [-0.39, 0.29) is 22.8 Å². The van der Waals surface area contributed by atoms with Crippen molar-refractivity contribution >= 4 is 41.3 Å². The third-order valence-corrected chi connectivity index (χ3v) is 11.2. The monoisotopic (exact) mass is 567 g/mol. The molecule has 0 unspecified atom stereocenters. The lowest BCUT2D eigenvalue weighted by atomic mass is 10.2. The number of methoxy groups -OCH3 is 2. The number of nitrogens with zero attached hydrogens (tertiary/aromatic N) is 3. The molecule has 1 saturated carbocycles. The van der Waals surface area contributed by atoms with Crippen molar-refractivity contribution in [1.82, 2.24) is 19.9 Å². The quantitative estimate of drug-likeness (QED) is 0.223. The number of ether oxygens (including phenoxy) is 2. The molecule has 5 rings (SSSR count). The number of rotatable bonds is 11. The van der Waals surface area contributed by atoms with E-state index in [2.05, 4.69) is 30.5 Å². The zero-order valence-corrected chi connectivity index (χ0v) is 23.3. The number of fused-ring (bicyclic) bond motifs is 1. The maximum atomic E-state index is 13.7. The number of benzene rings is 1. The molecule has 39 heavy (non-hydrogen) atoms. The van der Waals surface area contributed by atoms with Crippen LogP contribution in [-0.2, 0) is 15.4 Å². The van der Waals surface area contributed by atoms with E-state index in [4.69, 9.17) is 14.0 Å². The van der Waals surface area contributed by atoms with Gasteiger partial charge in [-0.15, -0.1) is 0 Å². The summed E-state index contributed by atoms with van der Waals surface area (Å²) in [4.78, 5) is 14.0. The summed E-state index contributed by atoms with van der Waals surface area (Å²) in [5.74, 6) is 0.830. The molecule has 2 aliphatic rings. The van der Waals surface area contributed by atoms with Gasteiger partial charge in [-0.25, -0.2) is 4.52 Å². The zero-order valence-electron chi connectivity index (χ0n) is 22.4. The smallest absolute Gasteiger partial charge is 0.418 e. The molecule has 13 heteroatoms. The standard InChI is InChI=1S/C26H35F3N6O3P/c1-36-12-4-9-30-23-22-19(26(27,28)29)16-31-24(22)34-25(33-23)32-20-8-7-18(15-21(20)37-2)39(38-3)13-10-35(11-14-39)17-5-6-17/h7-8,15-17H,4-6,9-14H2,1-3H3,(H3,30,31,32,33,34)/q+1. The third-order valence-electron chi connectivity index (χ3n) is 7.47. The maximum absolute atomic E-state index is 13.7. The summed E-state index contributed by atoms with van der Waals surface area (Å²) in [6, 6.07) is 6.70. The first kappa shape index (κ1) is 27.9. The number of anilines is 3. The average Bonchev–Trinajstić information content (AvgIpc) is 3.68. The fourth-order valence-electron chi connectivity index (χ4n) is 5.18. The lowest BCUT2D eigenvalue weighted by Gasteiger charge is -2.34. The number of hydrogen-bond acceptors (Lipinski definition) is 8. The van der Waals surface area contributed by atoms with Crippen molar-refractivity contribution in [3.05, 3.63) is 30.0 Å². The van der Waals surface area contributed by atoms with E-state index in [9.17, 15) is 13.2 Å². The van der Waals surface area contributed by atoms with Crippen LogP contribution in [0.5, 0.6) is 5.75 Å². The predicted octanol–water partition coefficient (Wildman–Crippen LogP) is 4.86. The van der Waals surface area contributed by atoms with Crippen molar-refractivity contribution in [2.24, 2.45) is 0 Å². The molecule has 1 saturated heterocycles. The second kappa shape index (κ2) is 11.4. The highest BCUT2D eigenvalue weighted by Gasteiger charge is 2.47. The molecular weight excluding hydrogens is 532 g/mol. The minimum absolute atomic E-state index is 0.0799. The van der Waals surface area contributed by atoms with Gasteiger partial charge in [-0.3, -0.25) is 4.90 Å². The Hall–Kier alpha value is -2.66. The molecule has 1 aliphatic heterocycles. The van der Waals surface area contributed by atoms with Gasteiger partial charge in [-0.2, -0.15) is 23.1 Å². The van der Waals surface area contributed by atoms with Crippen molar-refractivity contribution in [3.8, 4) is 5.75 Å². The first-order valence-electron chi connectivity index (χ1n) is 13.1. The molecule has 1 aliphatic carbocycles. The van der Waals surface area contributed by atoms with Gasteiger partial charge in [0.15, 0.2) is 7.49 Å². The molecule has 3 heterocycles. The van der Waals surface area contributed by atoms with E-state index in [1.54, 1.807) is 21.3 Å². The Morgan fingerprint density at radius 3 is 2.54 bits per heavy atom. The molecule has 2 fully saturated rings. The van der Waals surface area contributed by atoms with Gasteiger partial charge in [0.05, 0.1) is 30.9 Å². The van der Waals surface area contributed by atoms with Crippen LogP contribution in [0.2, 0.25) is 0 Å². The lowest BCUT2D eigenvalue weighted by molar-refractivity contribution is -0.136. The van der Waals surface area contributed by atoms with E-state index >= 15 is 0 Å². The van der Waals surface area contributed by atoms with Crippen LogP contribution in [0, 0.1) is 0 Å². The SMILES string of the molecule is COCCCNc1nc(Nc2ccc([P+]3(OC)CCN(C4CC4)CC3)cc2OC)nc2[nH]cc(C(F)(F)F)c12. The summed E-state index contributed by atoms with van der Waals surface area (Å²) < 4.78 is 58.0. The number of aromatic amines is 1. The number of hydrogen-bond donors (Lipinski definition) is 3. The molecule has 9 nitrogen and oxygen atoms in total. The van der Waals surface area contributed by atoms with E-state index < -0.39 is 19.2 Å². The van der Waals surface area contributed by atoms with Crippen LogP contribution in [0.25, 0.3) is 11.0 Å². The van der Waals surface area contributed by atoms with Crippen molar-refractivity contribution in [3.63, 3.8) is 0 Å². The lowest BCUT2D eigenvalue weighted by Crippen LogP contribution is -2.41. The second-order valence-electron chi connectivity index (χ2n) is 9.89. The molecule has 2 aromatic heterocycles. The van der Waals surface area contributed by atoms with Gasteiger partial charge in [-0.05, 0) is 31.4 Å². The summed E-state index contributed by atoms with van der Waals surface area (Å²) in [5, 5.41) is 7.20. The minimum atomic E-state index is -4.55. The highest BCUT2D eigenvalue weighted by Crippen LogP contribution is 2.60. The van der Waals surface area contributed by atoms with Crippen molar-refractivity contribution in [2.75, 3.05) is 70.5 Å². The van der Waals surface area contributed by atoms with Crippen LogP contribution < -0.4 is 20.7 Å². The molecule has 1 aromatic carbocycles. The van der Waals surface area contributed by atoms with Gasteiger partial charge in [-0.1, -0.05) is 0 Å². The first-order valence-corrected chi connectivity index (χ1v) is 15.2. The van der Waals surface area contributed by atoms with Crippen molar-refractivity contribution in [1.29, 1.82) is 0 Å². The fraction of sp³-hybridized carbons (Fsp3) is 0.538. The van der Waals surface area contributed by atoms with Crippen LogP contribution in [0.4, 0.5) is 30.6 Å². The van der Waals surface area contributed by atoms with Gasteiger partial charge in [0, 0.05) is 51.7 Å². The largest absolute Gasteiger partial charge is 0.494 e. The Morgan fingerprint density at radius 1 is 1.13 bits per heavy atom. The highest BCUT2D eigenvalue weighted by atomic mass is 31.2. The summed E-state index contributed by atoms with van der Waals surface area (Å²) >= 11 is 0. The Kier molecular flexibility index (Phi) is 8.19. The maximum Gasteiger partial charge on any atom is 0.418 e. The Balaban J connectivity index is 1.42. The predicted molar refractivity (Wildman–Crippen MR) is 148 cm³/mol. The number of alkyl halides is 3. The fourth-order valence-corrected chi connectivity index (χ4v) is 8.35. The molecular formula is C26H35F3N6O3P+. The molecule has 0 bridgehead atoms. The summed E-state index contributed by atoms with van der Waals surface area (Å²) in [6.45, 7) is 2.94. The van der Waals surface area contributed by atoms with E-state index in [1.165, 1.54) is 12.8 Å². The second-order valence-corrected chi connectivity index (χ2v) is 13.4. The minimum Gasteiger partial charge on any atom is -0.494 e. The van der Waals surface area contributed by atoms with Crippen LogP contribution in [0.1, 0.15) is 24.8 Å². The average molecular weight is 568 g/mol.